The smallest absolute Gasteiger partial charge is 0.124 e. The standard InChI is InChI=1S/C11H14BrFS/c1-8(2)6-14-7-9-3-4-10(13)5-11(9)12/h3-5,8H,6-7H2,1-2H3. The molecule has 78 valence electrons. The second kappa shape index (κ2) is 5.76. The van der Waals surface area contributed by atoms with Gasteiger partial charge in [-0.15, -0.1) is 0 Å². The Labute approximate surface area is 97.4 Å². The molecule has 0 radical (unpaired) electrons. The largest absolute Gasteiger partial charge is 0.207 e. The number of thioether (sulfide) groups is 1. The molecule has 1 rings (SSSR count). The third kappa shape index (κ3) is 4.01. The lowest BCUT2D eigenvalue weighted by atomic mass is 10.2. The van der Waals surface area contributed by atoms with Crippen LogP contribution in [-0.2, 0) is 5.75 Å². The van der Waals surface area contributed by atoms with Crippen molar-refractivity contribution in [2.75, 3.05) is 5.75 Å². The molecule has 0 fully saturated rings. The lowest BCUT2D eigenvalue weighted by molar-refractivity contribution is 0.626. The van der Waals surface area contributed by atoms with Crippen LogP contribution in [0, 0.1) is 11.7 Å². The molecule has 1 aromatic carbocycles. The molecule has 0 aliphatic carbocycles. The van der Waals surface area contributed by atoms with Gasteiger partial charge in [-0.05, 0) is 29.4 Å². The van der Waals surface area contributed by atoms with E-state index in [9.17, 15) is 4.39 Å². The Balaban J connectivity index is 2.51. The third-order valence-corrected chi connectivity index (χ3v) is 3.88. The predicted molar refractivity (Wildman–Crippen MR) is 65.1 cm³/mol. The number of hydrogen-bond acceptors (Lipinski definition) is 1. The summed E-state index contributed by atoms with van der Waals surface area (Å²) in [6.45, 7) is 4.40. The van der Waals surface area contributed by atoms with Gasteiger partial charge in [0.1, 0.15) is 5.82 Å². The molecule has 0 unspecified atom stereocenters. The van der Waals surface area contributed by atoms with Gasteiger partial charge in [-0.2, -0.15) is 11.8 Å². The molecular weight excluding hydrogens is 263 g/mol. The number of benzene rings is 1. The fourth-order valence-corrected chi connectivity index (χ4v) is 2.78. The Hall–Kier alpha value is -0.0200. The van der Waals surface area contributed by atoms with E-state index in [-0.39, 0.29) is 5.82 Å². The second-order valence-corrected chi connectivity index (χ2v) is 5.53. The maximum atomic E-state index is 12.8. The van der Waals surface area contributed by atoms with E-state index in [1.54, 1.807) is 0 Å². The number of halogens is 2. The van der Waals surface area contributed by atoms with Crippen molar-refractivity contribution in [3.8, 4) is 0 Å². The average Bonchev–Trinajstić information content (AvgIpc) is 2.08. The summed E-state index contributed by atoms with van der Waals surface area (Å²) in [6, 6.07) is 4.87. The van der Waals surface area contributed by atoms with Crippen LogP contribution < -0.4 is 0 Å². The molecule has 0 aliphatic heterocycles. The molecule has 3 heteroatoms. The highest BCUT2D eigenvalue weighted by Gasteiger charge is 2.02. The summed E-state index contributed by atoms with van der Waals surface area (Å²) in [5, 5.41) is 0. The SMILES string of the molecule is CC(C)CSCc1ccc(F)cc1Br. The van der Waals surface area contributed by atoms with E-state index in [0.29, 0.717) is 5.92 Å². The van der Waals surface area contributed by atoms with Gasteiger partial charge in [0, 0.05) is 10.2 Å². The van der Waals surface area contributed by atoms with Crippen LogP contribution in [0.1, 0.15) is 19.4 Å². The van der Waals surface area contributed by atoms with Gasteiger partial charge in [-0.1, -0.05) is 35.8 Å². The lowest BCUT2D eigenvalue weighted by Gasteiger charge is -2.06. The van der Waals surface area contributed by atoms with Crippen LogP contribution in [0.3, 0.4) is 0 Å². The fourth-order valence-electron chi connectivity index (χ4n) is 1.04. The molecule has 0 saturated heterocycles. The molecule has 0 heterocycles. The summed E-state index contributed by atoms with van der Waals surface area (Å²) in [5.41, 5.74) is 1.16. The Morgan fingerprint density at radius 2 is 2.14 bits per heavy atom. The first-order valence-electron chi connectivity index (χ1n) is 4.61. The highest BCUT2D eigenvalue weighted by atomic mass is 79.9. The lowest BCUT2D eigenvalue weighted by Crippen LogP contribution is -1.92. The average molecular weight is 277 g/mol. The first kappa shape index (κ1) is 12.1. The molecule has 0 spiro atoms. The quantitative estimate of drug-likeness (QED) is 0.782. The molecule has 0 bridgehead atoms. The van der Waals surface area contributed by atoms with Crippen LogP contribution in [-0.4, -0.2) is 5.75 Å². The number of rotatable bonds is 4. The van der Waals surface area contributed by atoms with Crippen molar-refractivity contribution in [2.45, 2.75) is 19.6 Å². The molecular formula is C11H14BrFS. The predicted octanol–water partition coefficient (Wildman–Crippen LogP) is 4.48. The van der Waals surface area contributed by atoms with Crippen molar-refractivity contribution in [3.05, 3.63) is 34.1 Å². The van der Waals surface area contributed by atoms with E-state index in [0.717, 1.165) is 21.5 Å². The van der Waals surface area contributed by atoms with Gasteiger partial charge in [0.2, 0.25) is 0 Å². The maximum Gasteiger partial charge on any atom is 0.124 e. The minimum atomic E-state index is -0.186. The molecule has 0 saturated carbocycles. The van der Waals surface area contributed by atoms with Gasteiger partial charge in [0.15, 0.2) is 0 Å². The minimum absolute atomic E-state index is 0.186. The van der Waals surface area contributed by atoms with Gasteiger partial charge in [-0.3, -0.25) is 0 Å². The van der Waals surface area contributed by atoms with Crippen LogP contribution in [0.2, 0.25) is 0 Å². The zero-order valence-corrected chi connectivity index (χ0v) is 10.8. The summed E-state index contributed by atoms with van der Waals surface area (Å²) in [4.78, 5) is 0. The van der Waals surface area contributed by atoms with Crippen molar-refractivity contribution in [3.63, 3.8) is 0 Å². The molecule has 0 aromatic heterocycles. The van der Waals surface area contributed by atoms with E-state index < -0.39 is 0 Å². The zero-order valence-electron chi connectivity index (χ0n) is 8.39. The van der Waals surface area contributed by atoms with E-state index in [2.05, 4.69) is 29.8 Å². The Morgan fingerprint density at radius 3 is 2.71 bits per heavy atom. The van der Waals surface area contributed by atoms with Crippen molar-refractivity contribution in [1.29, 1.82) is 0 Å². The third-order valence-electron chi connectivity index (χ3n) is 1.72. The summed E-state index contributed by atoms with van der Waals surface area (Å²) in [6.07, 6.45) is 0. The van der Waals surface area contributed by atoms with Crippen LogP contribution in [0.5, 0.6) is 0 Å². The summed E-state index contributed by atoms with van der Waals surface area (Å²) in [7, 11) is 0. The molecule has 0 N–H and O–H groups in total. The Bertz CT molecular complexity index is 299. The van der Waals surface area contributed by atoms with Crippen molar-refractivity contribution >= 4 is 27.7 Å². The topological polar surface area (TPSA) is 0 Å². The van der Waals surface area contributed by atoms with Crippen molar-refractivity contribution < 1.29 is 4.39 Å². The fraction of sp³-hybridized carbons (Fsp3) is 0.455. The Morgan fingerprint density at radius 1 is 1.43 bits per heavy atom. The maximum absolute atomic E-state index is 12.8. The van der Waals surface area contributed by atoms with E-state index in [4.69, 9.17) is 0 Å². The Kier molecular flexibility index (Phi) is 4.96. The van der Waals surface area contributed by atoms with Gasteiger partial charge in [-0.25, -0.2) is 4.39 Å². The van der Waals surface area contributed by atoms with Crippen molar-refractivity contribution in [1.82, 2.24) is 0 Å². The van der Waals surface area contributed by atoms with Crippen LogP contribution in [0.25, 0.3) is 0 Å². The van der Waals surface area contributed by atoms with Crippen LogP contribution in [0.15, 0.2) is 22.7 Å². The van der Waals surface area contributed by atoms with Gasteiger partial charge in [0.05, 0.1) is 0 Å². The molecule has 14 heavy (non-hydrogen) atoms. The van der Waals surface area contributed by atoms with Gasteiger partial charge < -0.3 is 0 Å². The first-order chi connectivity index (χ1) is 6.59. The molecule has 0 amide bonds. The first-order valence-corrected chi connectivity index (χ1v) is 6.56. The van der Waals surface area contributed by atoms with E-state index in [1.807, 2.05) is 17.8 Å². The van der Waals surface area contributed by atoms with E-state index in [1.165, 1.54) is 12.1 Å². The van der Waals surface area contributed by atoms with Crippen molar-refractivity contribution in [2.24, 2.45) is 5.92 Å². The van der Waals surface area contributed by atoms with Crippen LogP contribution in [0.4, 0.5) is 4.39 Å². The molecule has 0 atom stereocenters. The highest BCUT2D eigenvalue weighted by Crippen LogP contribution is 2.23. The van der Waals surface area contributed by atoms with E-state index >= 15 is 0 Å². The highest BCUT2D eigenvalue weighted by molar-refractivity contribution is 9.10. The summed E-state index contributed by atoms with van der Waals surface area (Å²) >= 11 is 5.24. The molecule has 0 nitrogen and oxygen atoms in total. The second-order valence-electron chi connectivity index (χ2n) is 3.64. The monoisotopic (exact) mass is 276 g/mol. The van der Waals surface area contributed by atoms with Gasteiger partial charge >= 0.3 is 0 Å². The van der Waals surface area contributed by atoms with Crippen LogP contribution >= 0.6 is 27.7 Å². The minimum Gasteiger partial charge on any atom is -0.207 e. The molecule has 1 aromatic rings. The number of hydrogen-bond donors (Lipinski definition) is 0. The van der Waals surface area contributed by atoms with Gasteiger partial charge in [0.25, 0.3) is 0 Å². The molecule has 0 aliphatic rings. The summed E-state index contributed by atoms with van der Waals surface area (Å²) in [5.74, 6) is 2.61. The zero-order chi connectivity index (χ0) is 10.6. The normalized spacial score (nSPS) is 10.9. The summed E-state index contributed by atoms with van der Waals surface area (Å²) < 4.78 is 13.6.